The first-order chi connectivity index (χ1) is 15.1. The van der Waals surface area contributed by atoms with Gasteiger partial charge in [0, 0.05) is 77.6 Å². The lowest BCUT2D eigenvalue weighted by Crippen LogP contribution is -2.49. The zero-order valence-corrected chi connectivity index (χ0v) is 18.8. The predicted molar refractivity (Wildman–Crippen MR) is 120 cm³/mol. The number of aryl methyl sites for hydroxylation is 2. The maximum atomic E-state index is 12.5. The van der Waals surface area contributed by atoms with Gasteiger partial charge in [-0.1, -0.05) is 23.9 Å². The van der Waals surface area contributed by atoms with Crippen LogP contribution in [0.3, 0.4) is 0 Å². The van der Waals surface area contributed by atoms with Gasteiger partial charge in [0.25, 0.3) is 0 Å². The number of piperazine rings is 1. The standard InChI is InChI=1S/C22H28N6O2S/c1-25-15-19(24-17-25)7-9-27-11-13-28(14-12-27)22(29)30-20-5-3-18(4-6-20)16-31-21-23-8-10-26(21)2/h3-6,8,10,15,17H,7,9,11-14,16H2,1-2H3. The van der Waals surface area contributed by atoms with Gasteiger partial charge in [-0.3, -0.25) is 4.90 Å². The van der Waals surface area contributed by atoms with Gasteiger partial charge in [-0.2, -0.15) is 0 Å². The molecule has 0 unspecified atom stereocenters. The molecule has 0 spiro atoms. The quantitative estimate of drug-likeness (QED) is 0.527. The zero-order chi connectivity index (χ0) is 21.6. The number of nitrogens with zero attached hydrogens (tertiary/aromatic N) is 6. The van der Waals surface area contributed by atoms with Crippen LogP contribution in [0.2, 0.25) is 0 Å². The number of hydrogen-bond donors (Lipinski definition) is 0. The van der Waals surface area contributed by atoms with Gasteiger partial charge in [-0.25, -0.2) is 14.8 Å². The van der Waals surface area contributed by atoms with Crippen molar-refractivity contribution in [1.82, 2.24) is 28.9 Å². The molecular weight excluding hydrogens is 412 g/mol. The highest BCUT2D eigenvalue weighted by atomic mass is 32.2. The van der Waals surface area contributed by atoms with Crippen molar-refractivity contribution in [2.24, 2.45) is 14.1 Å². The molecule has 9 heteroatoms. The molecule has 8 nitrogen and oxygen atoms in total. The number of thioether (sulfide) groups is 1. The third-order valence-electron chi connectivity index (χ3n) is 5.35. The van der Waals surface area contributed by atoms with Crippen molar-refractivity contribution in [3.8, 4) is 5.75 Å². The second-order valence-corrected chi connectivity index (χ2v) is 8.67. The van der Waals surface area contributed by atoms with Crippen LogP contribution in [0.1, 0.15) is 11.3 Å². The SMILES string of the molecule is Cn1cnc(CCN2CCN(C(=O)Oc3ccc(CSc4nccn4C)cc3)CC2)c1. The van der Waals surface area contributed by atoms with E-state index in [2.05, 4.69) is 21.1 Å². The lowest BCUT2D eigenvalue weighted by Gasteiger charge is -2.33. The summed E-state index contributed by atoms with van der Waals surface area (Å²) in [6.07, 6.45) is 8.26. The van der Waals surface area contributed by atoms with Crippen LogP contribution in [0, 0.1) is 0 Å². The van der Waals surface area contributed by atoms with Crippen LogP contribution in [0.15, 0.2) is 54.3 Å². The summed E-state index contributed by atoms with van der Waals surface area (Å²) in [6, 6.07) is 7.70. The van der Waals surface area contributed by atoms with Gasteiger partial charge >= 0.3 is 6.09 Å². The normalized spacial score (nSPS) is 14.7. The number of hydrogen-bond acceptors (Lipinski definition) is 6. The van der Waals surface area contributed by atoms with Crippen LogP contribution in [-0.4, -0.2) is 67.7 Å². The second kappa shape index (κ2) is 10.0. The highest BCUT2D eigenvalue weighted by Crippen LogP contribution is 2.22. The first-order valence-electron chi connectivity index (χ1n) is 10.4. The van der Waals surface area contributed by atoms with Crippen LogP contribution in [0.5, 0.6) is 5.75 Å². The summed E-state index contributed by atoms with van der Waals surface area (Å²) in [7, 11) is 3.97. The smallest absolute Gasteiger partial charge is 0.410 e. The Morgan fingerprint density at radius 3 is 2.52 bits per heavy atom. The Bertz CT molecular complexity index is 992. The molecule has 1 saturated heterocycles. The van der Waals surface area contributed by atoms with Crippen LogP contribution in [0.4, 0.5) is 4.79 Å². The molecule has 3 heterocycles. The first kappa shape index (κ1) is 21.5. The summed E-state index contributed by atoms with van der Waals surface area (Å²) in [5.74, 6) is 1.40. The molecule has 0 bridgehead atoms. The molecule has 0 aliphatic carbocycles. The van der Waals surface area contributed by atoms with E-state index in [0.717, 1.165) is 48.2 Å². The number of carbonyl (C=O) groups excluding carboxylic acids is 1. The van der Waals surface area contributed by atoms with Gasteiger partial charge in [0.15, 0.2) is 5.16 Å². The van der Waals surface area contributed by atoms with Crippen molar-refractivity contribution in [2.45, 2.75) is 17.3 Å². The van der Waals surface area contributed by atoms with Crippen LogP contribution >= 0.6 is 11.8 Å². The maximum absolute atomic E-state index is 12.5. The van der Waals surface area contributed by atoms with E-state index in [1.807, 2.05) is 60.0 Å². The summed E-state index contributed by atoms with van der Waals surface area (Å²) >= 11 is 1.68. The van der Waals surface area contributed by atoms with Crippen LogP contribution in [-0.2, 0) is 26.3 Å². The molecule has 1 aliphatic heterocycles. The maximum Gasteiger partial charge on any atom is 0.415 e. The average Bonchev–Trinajstić information content (AvgIpc) is 3.39. The largest absolute Gasteiger partial charge is 0.415 e. The fourth-order valence-corrected chi connectivity index (χ4v) is 4.37. The number of imidazole rings is 2. The summed E-state index contributed by atoms with van der Waals surface area (Å²) < 4.78 is 9.54. The van der Waals surface area contributed by atoms with E-state index in [1.54, 1.807) is 22.9 Å². The van der Waals surface area contributed by atoms with E-state index < -0.39 is 0 Å². The third kappa shape index (κ3) is 5.89. The van der Waals surface area contributed by atoms with Gasteiger partial charge in [-0.15, -0.1) is 0 Å². The molecule has 3 aromatic rings. The van der Waals surface area contributed by atoms with Gasteiger partial charge in [-0.05, 0) is 17.7 Å². The van der Waals surface area contributed by atoms with Crippen LogP contribution in [0.25, 0.3) is 0 Å². The van der Waals surface area contributed by atoms with Crippen molar-refractivity contribution in [3.63, 3.8) is 0 Å². The number of carbonyl (C=O) groups is 1. The molecule has 1 aliphatic rings. The van der Waals surface area contributed by atoms with Gasteiger partial charge < -0.3 is 18.8 Å². The monoisotopic (exact) mass is 440 g/mol. The summed E-state index contributed by atoms with van der Waals surface area (Å²) in [4.78, 5) is 25.4. The van der Waals surface area contributed by atoms with Crippen molar-refractivity contribution < 1.29 is 9.53 Å². The van der Waals surface area contributed by atoms with E-state index in [1.165, 1.54) is 0 Å². The molecule has 0 N–H and O–H groups in total. The molecule has 1 amide bonds. The number of ether oxygens (including phenoxy) is 1. The molecule has 1 fully saturated rings. The van der Waals surface area contributed by atoms with E-state index in [-0.39, 0.29) is 6.09 Å². The molecule has 4 rings (SSSR count). The Hall–Kier alpha value is -2.78. The van der Waals surface area contributed by atoms with E-state index in [9.17, 15) is 4.79 Å². The lowest BCUT2D eigenvalue weighted by atomic mass is 10.2. The first-order valence-corrected chi connectivity index (χ1v) is 11.4. The second-order valence-electron chi connectivity index (χ2n) is 7.73. The van der Waals surface area contributed by atoms with Crippen molar-refractivity contribution in [2.75, 3.05) is 32.7 Å². The molecule has 1 aromatic carbocycles. The molecule has 31 heavy (non-hydrogen) atoms. The molecule has 2 aromatic heterocycles. The third-order valence-corrected chi connectivity index (χ3v) is 6.48. The summed E-state index contributed by atoms with van der Waals surface area (Å²) in [5.41, 5.74) is 2.26. The number of benzene rings is 1. The molecule has 164 valence electrons. The van der Waals surface area contributed by atoms with Crippen LogP contribution < -0.4 is 4.74 Å². The minimum absolute atomic E-state index is 0.278. The topological polar surface area (TPSA) is 68.4 Å². The lowest BCUT2D eigenvalue weighted by molar-refractivity contribution is 0.111. The van der Waals surface area contributed by atoms with Crippen molar-refractivity contribution in [1.29, 1.82) is 0 Å². The summed E-state index contributed by atoms with van der Waals surface area (Å²) in [5, 5.41) is 0.981. The molecular formula is C22H28N6O2S. The average molecular weight is 441 g/mol. The summed E-state index contributed by atoms with van der Waals surface area (Å²) in [6.45, 7) is 4.02. The highest BCUT2D eigenvalue weighted by Gasteiger charge is 2.22. The van der Waals surface area contributed by atoms with Gasteiger partial charge in [0.1, 0.15) is 5.75 Å². The predicted octanol–water partition coefficient (Wildman–Crippen LogP) is 2.81. The minimum atomic E-state index is -0.278. The fourth-order valence-electron chi connectivity index (χ4n) is 3.48. The minimum Gasteiger partial charge on any atom is -0.410 e. The van der Waals surface area contributed by atoms with Crippen molar-refractivity contribution >= 4 is 17.9 Å². The van der Waals surface area contributed by atoms with E-state index in [0.29, 0.717) is 18.8 Å². The zero-order valence-electron chi connectivity index (χ0n) is 18.0. The Kier molecular flexibility index (Phi) is 6.93. The number of amides is 1. The Labute approximate surface area is 186 Å². The van der Waals surface area contributed by atoms with Gasteiger partial charge in [0.05, 0.1) is 12.0 Å². The Morgan fingerprint density at radius 1 is 1.10 bits per heavy atom. The molecule has 0 atom stereocenters. The van der Waals surface area contributed by atoms with Gasteiger partial charge in [0.2, 0.25) is 0 Å². The number of rotatable bonds is 7. The highest BCUT2D eigenvalue weighted by molar-refractivity contribution is 7.98. The fraction of sp³-hybridized carbons (Fsp3) is 0.409. The number of aromatic nitrogens is 4. The van der Waals surface area contributed by atoms with E-state index in [4.69, 9.17) is 4.74 Å². The van der Waals surface area contributed by atoms with E-state index >= 15 is 0 Å². The molecule has 0 radical (unpaired) electrons. The Balaban J connectivity index is 1.19. The Morgan fingerprint density at radius 2 is 1.87 bits per heavy atom. The molecule has 0 saturated carbocycles. The van der Waals surface area contributed by atoms with Crippen molar-refractivity contribution in [3.05, 3.63) is 60.4 Å².